The molecule has 1 aliphatic rings. The molecule has 4 nitrogen and oxygen atoms in total. The molecule has 2 unspecified atom stereocenters. The minimum Gasteiger partial charge on any atom is -0.381 e. The number of aromatic nitrogens is 2. The monoisotopic (exact) mass is 297 g/mol. The van der Waals surface area contributed by atoms with Crippen LogP contribution in [0.3, 0.4) is 0 Å². The summed E-state index contributed by atoms with van der Waals surface area (Å²) >= 11 is 7.51. The van der Waals surface area contributed by atoms with Gasteiger partial charge in [-0.3, -0.25) is 0 Å². The highest BCUT2D eigenvalue weighted by atomic mass is 35.5. The van der Waals surface area contributed by atoms with Crippen LogP contribution in [0.15, 0.2) is 12.1 Å². The van der Waals surface area contributed by atoms with E-state index in [9.17, 15) is 0 Å². The predicted molar refractivity (Wildman–Crippen MR) is 79.1 cm³/mol. The van der Waals surface area contributed by atoms with Crippen LogP contribution in [0.4, 0.5) is 5.69 Å². The van der Waals surface area contributed by atoms with Gasteiger partial charge >= 0.3 is 0 Å². The summed E-state index contributed by atoms with van der Waals surface area (Å²) in [4.78, 5) is 0. The minimum atomic E-state index is 0.345. The molecule has 1 N–H and O–H groups in total. The summed E-state index contributed by atoms with van der Waals surface area (Å²) in [7, 11) is 1.78. The van der Waals surface area contributed by atoms with Gasteiger partial charge in [0, 0.05) is 13.2 Å². The van der Waals surface area contributed by atoms with Gasteiger partial charge in [-0.2, -0.15) is 8.75 Å². The summed E-state index contributed by atoms with van der Waals surface area (Å²) in [5, 5.41) is 4.24. The molecule has 1 aliphatic carbocycles. The van der Waals surface area contributed by atoms with Crippen molar-refractivity contribution in [1.82, 2.24) is 8.75 Å². The highest BCUT2D eigenvalue weighted by Crippen LogP contribution is 2.33. The SMILES string of the molecule is COC1CCCC(Nc2c(Cl)ccc3nsnc23)C1. The number of methoxy groups -OCH3 is 1. The van der Waals surface area contributed by atoms with E-state index in [1.165, 1.54) is 18.1 Å². The fraction of sp³-hybridized carbons (Fsp3) is 0.538. The fourth-order valence-corrected chi connectivity index (χ4v) is 3.41. The molecule has 1 saturated carbocycles. The standard InChI is InChI=1S/C13H16ClN3OS/c1-18-9-4-2-3-8(7-9)15-12-10(14)5-6-11-13(12)17-19-16-11/h5-6,8-9,15H,2-4,7H2,1H3. The van der Waals surface area contributed by atoms with Crippen LogP contribution in [0, 0.1) is 0 Å². The number of fused-ring (bicyclic) bond motifs is 1. The molecule has 2 atom stereocenters. The lowest BCUT2D eigenvalue weighted by molar-refractivity contribution is 0.0669. The molecule has 3 rings (SSSR count). The second-order valence-corrected chi connectivity index (χ2v) is 5.86. The second-order valence-electron chi connectivity index (χ2n) is 4.92. The number of hydrogen-bond donors (Lipinski definition) is 1. The Hall–Kier alpha value is -0.910. The molecule has 1 aromatic heterocycles. The summed E-state index contributed by atoms with van der Waals surface area (Å²) in [6.45, 7) is 0. The predicted octanol–water partition coefficient (Wildman–Crippen LogP) is 3.71. The van der Waals surface area contributed by atoms with Crippen LogP contribution < -0.4 is 5.32 Å². The zero-order valence-corrected chi connectivity index (χ0v) is 12.3. The van der Waals surface area contributed by atoms with Gasteiger partial charge in [0.05, 0.1) is 28.5 Å². The Balaban J connectivity index is 1.84. The van der Waals surface area contributed by atoms with Crippen LogP contribution in [0.1, 0.15) is 25.7 Å². The normalized spacial score (nSPS) is 23.7. The first kappa shape index (κ1) is 13.1. The van der Waals surface area contributed by atoms with E-state index in [1.807, 2.05) is 12.1 Å². The van der Waals surface area contributed by atoms with Crippen LogP contribution in [0.5, 0.6) is 0 Å². The molecule has 19 heavy (non-hydrogen) atoms. The zero-order chi connectivity index (χ0) is 13.2. The molecular formula is C13H16ClN3OS. The Bertz CT molecular complexity index is 574. The molecule has 0 bridgehead atoms. The zero-order valence-electron chi connectivity index (χ0n) is 10.7. The Morgan fingerprint density at radius 3 is 3.11 bits per heavy atom. The third kappa shape index (κ3) is 2.68. The molecule has 1 fully saturated rings. The second kappa shape index (κ2) is 5.61. The van der Waals surface area contributed by atoms with Gasteiger partial charge < -0.3 is 10.1 Å². The number of benzene rings is 1. The van der Waals surface area contributed by atoms with Crippen molar-refractivity contribution in [3.63, 3.8) is 0 Å². The molecule has 0 radical (unpaired) electrons. The van der Waals surface area contributed by atoms with Crippen LogP contribution >= 0.6 is 23.3 Å². The Morgan fingerprint density at radius 1 is 1.37 bits per heavy atom. The maximum atomic E-state index is 6.29. The van der Waals surface area contributed by atoms with Gasteiger partial charge in [0.2, 0.25) is 0 Å². The average molecular weight is 298 g/mol. The number of hydrogen-bond acceptors (Lipinski definition) is 5. The number of ether oxygens (including phenoxy) is 1. The van der Waals surface area contributed by atoms with Crippen LogP contribution in [0.2, 0.25) is 5.02 Å². The summed E-state index contributed by atoms with van der Waals surface area (Å²) < 4.78 is 14.1. The van der Waals surface area contributed by atoms with Crippen molar-refractivity contribution < 1.29 is 4.74 Å². The first-order valence-electron chi connectivity index (χ1n) is 6.48. The van der Waals surface area contributed by atoms with E-state index in [1.54, 1.807) is 7.11 Å². The van der Waals surface area contributed by atoms with Gasteiger partial charge in [-0.25, -0.2) is 0 Å². The van der Waals surface area contributed by atoms with Crippen molar-refractivity contribution >= 4 is 40.0 Å². The molecule has 102 valence electrons. The summed E-state index contributed by atoms with van der Waals surface area (Å²) in [5.41, 5.74) is 2.68. The molecule has 1 aromatic carbocycles. The maximum absolute atomic E-state index is 6.29. The Kier molecular flexibility index (Phi) is 3.86. The van der Waals surface area contributed by atoms with E-state index in [2.05, 4.69) is 14.1 Å². The molecule has 0 spiro atoms. The first-order valence-corrected chi connectivity index (χ1v) is 7.59. The van der Waals surface area contributed by atoms with Gasteiger partial charge in [0.15, 0.2) is 0 Å². The fourth-order valence-electron chi connectivity index (χ4n) is 2.66. The Labute approximate surface area is 121 Å². The van der Waals surface area contributed by atoms with Crippen LogP contribution in [-0.4, -0.2) is 28.0 Å². The summed E-state index contributed by atoms with van der Waals surface area (Å²) in [6, 6.07) is 4.18. The van der Waals surface area contributed by atoms with Gasteiger partial charge in [-0.15, -0.1) is 0 Å². The summed E-state index contributed by atoms with van der Waals surface area (Å²) in [6.07, 6.45) is 4.83. The lowest BCUT2D eigenvalue weighted by Crippen LogP contribution is -2.31. The quantitative estimate of drug-likeness (QED) is 0.938. The first-order chi connectivity index (χ1) is 9.28. The maximum Gasteiger partial charge on any atom is 0.129 e. The Morgan fingerprint density at radius 2 is 2.26 bits per heavy atom. The molecule has 6 heteroatoms. The molecule has 2 aromatic rings. The van der Waals surface area contributed by atoms with Crippen molar-refractivity contribution in [1.29, 1.82) is 0 Å². The minimum absolute atomic E-state index is 0.345. The van der Waals surface area contributed by atoms with Crippen molar-refractivity contribution in [2.24, 2.45) is 0 Å². The lowest BCUT2D eigenvalue weighted by atomic mass is 9.92. The molecule has 0 saturated heterocycles. The number of anilines is 1. The number of halogens is 1. The van der Waals surface area contributed by atoms with Gasteiger partial charge in [-0.05, 0) is 37.8 Å². The van der Waals surface area contributed by atoms with Crippen molar-refractivity contribution in [3.05, 3.63) is 17.2 Å². The van der Waals surface area contributed by atoms with E-state index in [4.69, 9.17) is 16.3 Å². The average Bonchev–Trinajstić information content (AvgIpc) is 2.91. The third-order valence-corrected chi connectivity index (χ3v) is 4.54. The van der Waals surface area contributed by atoms with Crippen molar-refractivity contribution in [3.8, 4) is 0 Å². The number of nitrogens with zero attached hydrogens (tertiary/aromatic N) is 2. The van der Waals surface area contributed by atoms with E-state index < -0.39 is 0 Å². The van der Waals surface area contributed by atoms with Gasteiger partial charge in [0.1, 0.15) is 11.0 Å². The molecule has 1 heterocycles. The van der Waals surface area contributed by atoms with Gasteiger partial charge in [-0.1, -0.05) is 11.6 Å². The lowest BCUT2D eigenvalue weighted by Gasteiger charge is -2.29. The number of nitrogens with one attached hydrogen (secondary N) is 1. The third-order valence-electron chi connectivity index (χ3n) is 3.68. The van der Waals surface area contributed by atoms with E-state index in [0.29, 0.717) is 17.2 Å². The molecule has 0 amide bonds. The van der Waals surface area contributed by atoms with Gasteiger partial charge in [0.25, 0.3) is 0 Å². The molecule has 0 aliphatic heterocycles. The summed E-state index contributed by atoms with van der Waals surface area (Å²) in [5.74, 6) is 0. The van der Waals surface area contributed by atoms with Crippen molar-refractivity contribution in [2.75, 3.05) is 12.4 Å². The molecular weight excluding hydrogens is 282 g/mol. The largest absolute Gasteiger partial charge is 0.381 e. The highest BCUT2D eigenvalue weighted by Gasteiger charge is 2.23. The highest BCUT2D eigenvalue weighted by molar-refractivity contribution is 7.00. The van der Waals surface area contributed by atoms with Crippen LogP contribution in [-0.2, 0) is 4.74 Å². The van der Waals surface area contributed by atoms with E-state index in [-0.39, 0.29) is 0 Å². The van der Waals surface area contributed by atoms with E-state index in [0.717, 1.165) is 36.0 Å². The smallest absolute Gasteiger partial charge is 0.129 e. The van der Waals surface area contributed by atoms with E-state index >= 15 is 0 Å². The topological polar surface area (TPSA) is 47.0 Å². The van der Waals surface area contributed by atoms with Crippen molar-refractivity contribution in [2.45, 2.75) is 37.8 Å². The van der Waals surface area contributed by atoms with Crippen LogP contribution in [0.25, 0.3) is 11.0 Å². The number of rotatable bonds is 3.